The third-order valence-corrected chi connectivity index (χ3v) is 3.15. The van der Waals surface area contributed by atoms with Gasteiger partial charge in [-0.25, -0.2) is 10.2 Å². The van der Waals surface area contributed by atoms with E-state index >= 15 is 0 Å². The predicted molar refractivity (Wildman–Crippen MR) is 74.5 cm³/mol. The summed E-state index contributed by atoms with van der Waals surface area (Å²) in [6.45, 7) is 0.396. The third-order valence-electron chi connectivity index (χ3n) is 3.15. The molecule has 7 nitrogen and oxygen atoms in total. The Balaban J connectivity index is 1.71. The van der Waals surface area contributed by atoms with E-state index < -0.39 is 6.03 Å². The maximum absolute atomic E-state index is 11.4. The predicted octanol–water partition coefficient (Wildman–Crippen LogP) is -0.621. The zero-order valence-electron chi connectivity index (χ0n) is 11.1. The van der Waals surface area contributed by atoms with E-state index in [-0.39, 0.29) is 24.5 Å². The van der Waals surface area contributed by atoms with E-state index in [2.05, 4.69) is 33.6 Å². The monoisotopic (exact) mass is 277 g/mol. The summed E-state index contributed by atoms with van der Waals surface area (Å²) in [5, 5.41) is 4.99. The van der Waals surface area contributed by atoms with E-state index in [1.54, 1.807) is 0 Å². The summed E-state index contributed by atoms with van der Waals surface area (Å²) in [7, 11) is 0. The van der Waals surface area contributed by atoms with Crippen LogP contribution in [-0.4, -0.2) is 31.1 Å². The van der Waals surface area contributed by atoms with Gasteiger partial charge in [-0.2, -0.15) is 0 Å². The van der Waals surface area contributed by atoms with E-state index in [1.807, 2.05) is 18.2 Å². The van der Waals surface area contributed by atoms with Gasteiger partial charge in [-0.1, -0.05) is 30.3 Å². The van der Waals surface area contributed by atoms with Gasteiger partial charge < -0.3 is 16.4 Å². The van der Waals surface area contributed by atoms with Crippen molar-refractivity contribution in [1.29, 1.82) is 0 Å². The molecular weight excluding hydrogens is 258 g/mol. The minimum Gasteiger partial charge on any atom is -0.353 e. The molecule has 0 bridgehead atoms. The third kappa shape index (κ3) is 4.22. The Morgan fingerprint density at radius 3 is 2.65 bits per heavy atom. The van der Waals surface area contributed by atoms with Crippen molar-refractivity contribution in [1.82, 2.24) is 21.5 Å². The highest BCUT2D eigenvalue weighted by Gasteiger charge is 2.24. The van der Waals surface area contributed by atoms with Crippen LogP contribution in [0.2, 0.25) is 0 Å². The van der Waals surface area contributed by atoms with Crippen LogP contribution in [0.1, 0.15) is 18.0 Å². The van der Waals surface area contributed by atoms with Crippen LogP contribution in [0, 0.1) is 0 Å². The van der Waals surface area contributed by atoms with Gasteiger partial charge in [-0.05, 0) is 12.0 Å². The quantitative estimate of drug-likeness (QED) is 0.494. The van der Waals surface area contributed by atoms with Crippen LogP contribution < -0.4 is 27.2 Å². The lowest BCUT2D eigenvalue weighted by Gasteiger charge is -2.11. The van der Waals surface area contributed by atoms with Crippen molar-refractivity contribution < 1.29 is 9.59 Å². The second kappa shape index (κ2) is 6.88. The van der Waals surface area contributed by atoms with E-state index in [0.29, 0.717) is 6.54 Å². The van der Waals surface area contributed by atoms with Crippen molar-refractivity contribution in [2.24, 2.45) is 5.73 Å². The van der Waals surface area contributed by atoms with Crippen molar-refractivity contribution in [2.75, 3.05) is 13.1 Å². The molecule has 1 saturated heterocycles. The second-order valence-electron chi connectivity index (χ2n) is 4.71. The van der Waals surface area contributed by atoms with Crippen LogP contribution in [0.5, 0.6) is 0 Å². The van der Waals surface area contributed by atoms with Gasteiger partial charge in [0.25, 0.3) is 0 Å². The molecule has 1 heterocycles. The molecule has 0 radical (unpaired) electrons. The number of carbonyl (C=O) groups is 2. The number of hydrazine groups is 1. The minimum atomic E-state index is -0.704. The van der Waals surface area contributed by atoms with Gasteiger partial charge >= 0.3 is 6.03 Å². The van der Waals surface area contributed by atoms with Gasteiger partial charge in [-0.15, -0.1) is 0 Å². The minimum absolute atomic E-state index is 0.0996. The molecule has 1 fully saturated rings. The number of hydrogen-bond donors (Lipinski definition) is 5. The first kappa shape index (κ1) is 14.3. The summed E-state index contributed by atoms with van der Waals surface area (Å²) in [5.41, 5.74) is 12.5. The van der Waals surface area contributed by atoms with Crippen molar-refractivity contribution in [3.8, 4) is 0 Å². The van der Waals surface area contributed by atoms with Crippen LogP contribution in [0.25, 0.3) is 0 Å². The summed E-state index contributed by atoms with van der Waals surface area (Å²) >= 11 is 0. The van der Waals surface area contributed by atoms with E-state index in [1.165, 1.54) is 5.56 Å². The molecule has 2 atom stereocenters. The highest BCUT2D eigenvalue weighted by atomic mass is 16.2. The molecule has 1 aliphatic rings. The molecule has 1 aromatic carbocycles. The van der Waals surface area contributed by atoms with Crippen molar-refractivity contribution in [3.05, 3.63) is 35.9 Å². The summed E-state index contributed by atoms with van der Waals surface area (Å²) in [4.78, 5) is 21.9. The topological polar surface area (TPSA) is 108 Å². The summed E-state index contributed by atoms with van der Waals surface area (Å²) in [6, 6.07) is 9.80. The van der Waals surface area contributed by atoms with Gasteiger partial charge in [0.2, 0.25) is 5.91 Å². The van der Waals surface area contributed by atoms with Gasteiger partial charge in [-0.3, -0.25) is 10.2 Å². The fraction of sp³-hybridized carbons (Fsp3) is 0.385. The zero-order chi connectivity index (χ0) is 14.4. The number of nitrogens with one attached hydrogen (secondary N) is 4. The van der Waals surface area contributed by atoms with E-state index in [0.717, 1.165) is 6.42 Å². The Morgan fingerprint density at radius 1 is 1.20 bits per heavy atom. The molecule has 1 aliphatic heterocycles. The van der Waals surface area contributed by atoms with Crippen LogP contribution in [0.15, 0.2) is 30.3 Å². The molecule has 1 aromatic rings. The average molecular weight is 277 g/mol. The first-order valence-corrected chi connectivity index (χ1v) is 6.51. The molecule has 0 aliphatic carbocycles. The molecule has 0 aromatic heterocycles. The largest absolute Gasteiger partial charge is 0.353 e. The fourth-order valence-corrected chi connectivity index (χ4v) is 2.13. The SMILES string of the molecule is NC(=O)NCC(=O)NCC1CC(c2ccccc2)NN1. The van der Waals surface area contributed by atoms with Gasteiger partial charge in [0.05, 0.1) is 6.54 Å². The van der Waals surface area contributed by atoms with E-state index in [9.17, 15) is 9.59 Å². The summed E-state index contributed by atoms with van der Waals surface area (Å²) in [5.74, 6) is -0.256. The maximum atomic E-state index is 11.4. The van der Waals surface area contributed by atoms with Crippen molar-refractivity contribution in [3.63, 3.8) is 0 Å². The lowest BCUT2D eigenvalue weighted by atomic mass is 10.0. The standard InChI is InChI=1S/C13H19N5O2/c14-13(20)16-8-12(19)15-7-10-6-11(18-17-10)9-4-2-1-3-5-9/h1-5,10-11,17-18H,6-8H2,(H,15,19)(H3,14,16,20). The molecule has 7 heteroatoms. The highest BCUT2D eigenvalue weighted by Crippen LogP contribution is 2.21. The fourth-order valence-electron chi connectivity index (χ4n) is 2.13. The first-order chi connectivity index (χ1) is 9.65. The number of nitrogens with two attached hydrogens (primary N) is 1. The Bertz CT molecular complexity index is 465. The van der Waals surface area contributed by atoms with Gasteiger partial charge in [0.15, 0.2) is 0 Å². The Labute approximate surface area is 117 Å². The Hall–Kier alpha value is -2.12. The molecule has 3 amide bonds. The first-order valence-electron chi connectivity index (χ1n) is 6.51. The van der Waals surface area contributed by atoms with Crippen LogP contribution in [0.3, 0.4) is 0 Å². The molecule has 20 heavy (non-hydrogen) atoms. The van der Waals surface area contributed by atoms with Crippen LogP contribution in [0.4, 0.5) is 4.79 Å². The lowest BCUT2D eigenvalue weighted by Crippen LogP contribution is -2.44. The maximum Gasteiger partial charge on any atom is 0.312 e. The zero-order valence-corrected chi connectivity index (χ0v) is 11.1. The number of benzene rings is 1. The smallest absolute Gasteiger partial charge is 0.312 e. The van der Waals surface area contributed by atoms with Crippen LogP contribution in [-0.2, 0) is 4.79 Å². The molecule has 0 spiro atoms. The lowest BCUT2D eigenvalue weighted by molar-refractivity contribution is -0.120. The van der Waals surface area contributed by atoms with Gasteiger partial charge in [0.1, 0.15) is 0 Å². The van der Waals surface area contributed by atoms with Crippen molar-refractivity contribution in [2.45, 2.75) is 18.5 Å². The number of hydrogen-bond acceptors (Lipinski definition) is 4. The van der Waals surface area contributed by atoms with Crippen LogP contribution >= 0.6 is 0 Å². The number of urea groups is 1. The van der Waals surface area contributed by atoms with E-state index in [4.69, 9.17) is 5.73 Å². The number of carbonyl (C=O) groups excluding carboxylic acids is 2. The Kier molecular flexibility index (Phi) is 4.91. The Morgan fingerprint density at radius 2 is 1.95 bits per heavy atom. The number of primary amides is 1. The van der Waals surface area contributed by atoms with Gasteiger partial charge in [0, 0.05) is 18.6 Å². The van der Waals surface area contributed by atoms with Crippen molar-refractivity contribution >= 4 is 11.9 Å². The number of amides is 3. The molecule has 2 unspecified atom stereocenters. The average Bonchev–Trinajstić information content (AvgIpc) is 2.93. The molecular formula is C13H19N5O2. The molecule has 2 rings (SSSR count). The normalized spacial score (nSPS) is 21.4. The second-order valence-corrected chi connectivity index (χ2v) is 4.71. The molecule has 108 valence electrons. The number of rotatable bonds is 5. The summed E-state index contributed by atoms with van der Waals surface area (Å²) in [6.07, 6.45) is 0.882. The summed E-state index contributed by atoms with van der Waals surface area (Å²) < 4.78 is 0. The molecule has 0 saturated carbocycles. The molecule has 6 N–H and O–H groups in total. The highest BCUT2D eigenvalue weighted by molar-refractivity contribution is 5.83.